The van der Waals surface area contributed by atoms with Gasteiger partial charge in [0, 0.05) is 18.3 Å². The number of carboxylic acid groups (broad SMARTS) is 1. The van der Waals surface area contributed by atoms with Crippen LogP contribution in [-0.4, -0.2) is 34.1 Å². The van der Waals surface area contributed by atoms with Crippen LogP contribution in [0.5, 0.6) is 0 Å². The van der Waals surface area contributed by atoms with Gasteiger partial charge in [-0.1, -0.05) is 30.3 Å². The monoisotopic (exact) mass is 480 g/mol. The lowest BCUT2D eigenvalue weighted by Gasteiger charge is -2.37. The van der Waals surface area contributed by atoms with Crippen LogP contribution >= 0.6 is 0 Å². The molecular weight excluding hydrogens is 461 g/mol. The van der Waals surface area contributed by atoms with Crippen LogP contribution in [-0.2, 0) is 11.7 Å². The number of aromatic amines is 1. The predicted octanol–water partition coefficient (Wildman–Crippen LogP) is 5.62. The standard InChI is InChI=1S/C25H19F3N4O3/c1-24(14-10-11-19-20(13-14)30-22(29-19)31(2)23(34)35)18-9-4-3-8-17(18)21(33)32(24)16-7-5-6-15(12-16)25(26,27)28/h3-13H,1-2H3,(H,29,30)(H,34,35). The average molecular weight is 480 g/mol. The van der Waals surface area contributed by atoms with E-state index in [1.807, 2.05) is 0 Å². The number of nitrogens with zero attached hydrogens (tertiary/aromatic N) is 3. The Bertz CT molecular complexity index is 1500. The van der Waals surface area contributed by atoms with Crippen LogP contribution in [0, 0.1) is 0 Å². The molecule has 0 saturated heterocycles. The van der Waals surface area contributed by atoms with Crippen molar-refractivity contribution in [3.05, 3.63) is 89.0 Å². The third-order valence-corrected chi connectivity index (χ3v) is 6.40. The van der Waals surface area contributed by atoms with Crippen molar-refractivity contribution in [1.29, 1.82) is 0 Å². The van der Waals surface area contributed by atoms with Gasteiger partial charge < -0.3 is 10.1 Å². The number of benzene rings is 3. The summed E-state index contributed by atoms with van der Waals surface area (Å²) < 4.78 is 40.4. The number of hydrogen-bond acceptors (Lipinski definition) is 3. The van der Waals surface area contributed by atoms with E-state index in [0.29, 0.717) is 27.7 Å². The van der Waals surface area contributed by atoms with Gasteiger partial charge in [-0.05, 0) is 54.4 Å². The number of imidazole rings is 1. The molecule has 1 aromatic heterocycles. The Kier molecular flexibility index (Phi) is 4.87. The van der Waals surface area contributed by atoms with Crippen LogP contribution in [0.4, 0.5) is 29.6 Å². The third kappa shape index (κ3) is 3.40. The number of rotatable bonds is 3. The Hall–Kier alpha value is -4.34. The first-order valence-electron chi connectivity index (χ1n) is 10.6. The summed E-state index contributed by atoms with van der Waals surface area (Å²) in [6.45, 7) is 1.78. The molecular formula is C25H19F3N4O3. The first-order valence-corrected chi connectivity index (χ1v) is 10.6. The number of carbonyl (C=O) groups excluding carboxylic acids is 1. The van der Waals surface area contributed by atoms with Gasteiger partial charge in [0.2, 0.25) is 5.95 Å². The summed E-state index contributed by atoms with van der Waals surface area (Å²) in [4.78, 5) is 34.4. The molecule has 0 spiro atoms. The lowest BCUT2D eigenvalue weighted by Crippen LogP contribution is -2.42. The number of carbonyl (C=O) groups is 2. The molecule has 178 valence electrons. The number of alkyl halides is 3. The summed E-state index contributed by atoms with van der Waals surface area (Å²) in [5, 5.41) is 9.25. The van der Waals surface area contributed by atoms with Gasteiger partial charge in [-0.25, -0.2) is 9.78 Å². The minimum Gasteiger partial charge on any atom is -0.465 e. The summed E-state index contributed by atoms with van der Waals surface area (Å²) in [6.07, 6.45) is -5.76. The summed E-state index contributed by atoms with van der Waals surface area (Å²) in [6, 6.07) is 16.8. The molecule has 3 aromatic carbocycles. The highest BCUT2D eigenvalue weighted by molar-refractivity contribution is 6.13. The van der Waals surface area contributed by atoms with Crippen molar-refractivity contribution in [2.45, 2.75) is 18.6 Å². The quantitative estimate of drug-likeness (QED) is 0.398. The number of anilines is 2. The third-order valence-electron chi connectivity index (χ3n) is 6.40. The average Bonchev–Trinajstić information content (AvgIpc) is 3.35. The summed E-state index contributed by atoms with van der Waals surface area (Å²) in [5.74, 6) is -0.300. The van der Waals surface area contributed by atoms with Crippen molar-refractivity contribution in [3.8, 4) is 0 Å². The molecule has 4 aromatic rings. The van der Waals surface area contributed by atoms with Crippen LogP contribution < -0.4 is 9.80 Å². The van der Waals surface area contributed by atoms with Crippen molar-refractivity contribution in [1.82, 2.24) is 9.97 Å². The fourth-order valence-electron chi connectivity index (χ4n) is 4.57. The second kappa shape index (κ2) is 7.59. The van der Waals surface area contributed by atoms with Crippen molar-refractivity contribution >= 4 is 34.7 Å². The SMILES string of the molecule is CN(C(=O)O)c1nc2ccc(C3(C)c4ccccc4C(=O)N3c3cccc(C(F)(F)F)c3)cc2[nH]1. The number of halogens is 3. The Morgan fingerprint density at radius 2 is 1.83 bits per heavy atom. The summed E-state index contributed by atoms with van der Waals surface area (Å²) in [5.41, 5.74) is 0.791. The van der Waals surface area contributed by atoms with Crippen molar-refractivity contribution < 1.29 is 27.9 Å². The van der Waals surface area contributed by atoms with E-state index in [0.717, 1.165) is 17.0 Å². The van der Waals surface area contributed by atoms with Gasteiger partial charge in [0.1, 0.15) is 0 Å². The maximum atomic E-state index is 13.5. The molecule has 0 aliphatic carbocycles. The molecule has 7 nitrogen and oxygen atoms in total. The summed E-state index contributed by atoms with van der Waals surface area (Å²) >= 11 is 0. The zero-order valence-corrected chi connectivity index (χ0v) is 18.6. The van der Waals surface area contributed by atoms with Crippen molar-refractivity contribution in [3.63, 3.8) is 0 Å². The van der Waals surface area contributed by atoms with Crippen LogP contribution in [0.2, 0.25) is 0 Å². The van der Waals surface area contributed by atoms with E-state index in [1.54, 1.807) is 49.4 Å². The lowest BCUT2D eigenvalue weighted by molar-refractivity contribution is -0.137. The van der Waals surface area contributed by atoms with Gasteiger partial charge in [0.25, 0.3) is 5.91 Å². The smallest absolute Gasteiger partial charge is 0.416 e. The molecule has 2 heterocycles. The Morgan fingerprint density at radius 3 is 2.54 bits per heavy atom. The molecule has 1 unspecified atom stereocenters. The van der Waals surface area contributed by atoms with E-state index >= 15 is 0 Å². The van der Waals surface area contributed by atoms with E-state index in [2.05, 4.69) is 9.97 Å². The van der Waals surface area contributed by atoms with Crippen molar-refractivity contribution in [2.24, 2.45) is 0 Å². The maximum Gasteiger partial charge on any atom is 0.416 e. The van der Waals surface area contributed by atoms with E-state index in [1.165, 1.54) is 24.1 Å². The Morgan fingerprint density at radius 1 is 1.09 bits per heavy atom. The number of H-pyrrole nitrogens is 1. The topological polar surface area (TPSA) is 89.5 Å². The van der Waals surface area contributed by atoms with E-state index in [-0.39, 0.29) is 11.6 Å². The van der Waals surface area contributed by atoms with Gasteiger partial charge in [-0.2, -0.15) is 13.2 Å². The zero-order chi connectivity index (χ0) is 25.1. The van der Waals surface area contributed by atoms with Crippen LogP contribution in [0.15, 0.2) is 66.7 Å². The van der Waals surface area contributed by atoms with Gasteiger partial charge in [-0.3, -0.25) is 14.6 Å². The molecule has 0 bridgehead atoms. The predicted molar refractivity (Wildman–Crippen MR) is 124 cm³/mol. The molecule has 2 N–H and O–H groups in total. The highest BCUT2D eigenvalue weighted by atomic mass is 19.4. The molecule has 1 aliphatic rings. The van der Waals surface area contributed by atoms with E-state index in [9.17, 15) is 27.9 Å². The van der Waals surface area contributed by atoms with Crippen LogP contribution in [0.1, 0.15) is 34.0 Å². The number of hydrogen-bond donors (Lipinski definition) is 2. The maximum absolute atomic E-state index is 13.5. The fourth-order valence-corrected chi connectivity index (χ4v) is 4.57. The fraction of sp³-hybridized carbons (Fsp3) is 0.160. The first kappa shape index (κ1) is 22.5. The minimum absolute atomic E-state index is 0.111. The van der Waals surface area contributed by atoms with Crippen LogP contribution in [0.25, 0.3) is 11.0 Å². The summed E-state index contributed by atoms with van der Waals surface area (Å²) in [7, 11) is 1.35. The first-order chi connectivity index (χ1) is 16.5. The second-order valence-electron chi connectivity index (χ2n) is 8.44. The van der Waals surface area contributed by atoms with Gasteiger partial charge in [0.05, 0.1) is 22.1 Å². The van der Waals surface area contributed by atoms with E-state index < -0.39 is 29.3 Å². The molecule has 5 rings (SSSR count). The van der Waals surface area contributed by atoms with Crippen LogP contribution in [0.3, 0.4) is 0 Å². The molecule has 0 fully saturated rings. The molecule has 0 radical (unpaired) electrons. The van der Waals surface area contributed by atoms with Gasteiger partial charge >= 0.3 is 12.3 Å². The van der Waals surface area contributed by atoms with Gasteiger partial charge in [-0.15, -0.1) is 0 Å². The number of nitrogens with one attached hydrogen (secondary N) is 1. The largest absolute Gasteiger partial charge is 0.465 e. The normalized spacial score (nSPS) is 17.6. The molecule has 0 saturated carbocycles. The van der Waals surface area contributed by atoms with E-state index in [4.69, 9.17) is 0 Å². The second-order valence-corrected chi connectivity index (χ2v) is 8.44. The highest BCUT2D eigenvalue weighted by Gasteiger charge is 2.48. The molecule has 10 heteroatoms. The molecule has 2 amide bonds. The molecule has 1 aliphatic heterocycles. The van der Waals surface area contributed by atoms with Crippen molar-refractivity contribution in [2.75, 3.05) is 16.8 Å². The Balaban J connectivity index is 1.71. The zero-order valence-electron chi connectivity index (χ0n) is 18.6. The number of aromatic nitrogens is 2. The van der Waals surface area contributed by atoms with Gasteiger partial charge in [0.15, 0.2) is 0 Å². The Labute approximate surface area is 197 Å². The molecule has 1 atom stereocenters. The molecule has 35 heavy (non-hydrogen) atoms. The minimum atomic E-state index is -4.57. The number of fused-ring (bicyclic) bond motifs is 2. The number of amides is 2. The lowest BCUT2D eigenvalue weighted by atomic mass is 9.84. The highest BCUT2D eigenvalue weighted by Crippen LogP contribution is 2.47.